The Kier molecular flexibility index (Phi) is 7.22. The molecule has 0 bridgehead atoms. The molecule has 1 N–H and O–H groups in total. The highest BCUT2D eigenvalue weighted by Crippen LogP contribution is 2.28. The van der Waals surface area contributed by atoms with Crippen LogP contribution in [0, 0.1) is 0 Å². The van der Waals surface area contributed by atoms with Crippen molar-refractivity contribution in [2.75, 3.05) is 13.7 Å². The highest BCUT2D eigenvalue weighted by atomic mass is 16.5. The third-order valence-corrected chi connectivity index (χ3v) is 4.75. The topological polar surface area (TPSA) is 64.6 Å². The minimum atomic E-state index is -0.238. The summed E-state index contributed by atoms with van der Waals surface area (Å²) in [4.78, 5) is 24.2. The van der Waals surface area contributed by atoms with Gasteiger partial charge in [-0.25, -0.2) is 0 Å². The van der Waals surface area contributed by atoms with Crippen LogP contribution in [0.25, 0.3) is 0 Å². The van der Waals surface area contributed by atoms with Crippen LogP contribution in [0.1, 0.15) is 34.5 Å². The van der Waals surface area contributed by atoms with E-state index >= 15 is 0 Å². The van der Waals surface area contributed by atoms with Crippen LogP contribution in [0.3, 0.4) is 0 Å². The van der Waals surface area contributed by atoms with Crippen LogP contribution in [-0.2, 0) is 11.2 Å². The number of ether oxygens (including phenoxy) is 2. The Morgan fingerprint density at radius 3 is 2.20 bits per heavy atom. The van der Waals surface area contributed by atoms with Gasteiger partial charge >= 0.3 is 0 Å². The van der Waals surface area contributed by atoms with Crippen LogP contribution in [0.5, 0.6) is 11.5 Å². The number of nitrogens with one attached hydrogen (secondary N) is 1. The summed E-state index contributed by atoms with van der Waals surface area (Å²) in [6, 6.07) is 24.6. The molecule has 0 radical (unpaired) electrons. The maximum absolute atomic E-state index is 12.6. The van der Waals surface area contributed by atoms with E-state index in [2.05, 4.69) is 5.32 Å². The molecular formula is C25H25NO4. The molecule has 5 nitrogen and oxygen atoms in total. The smallest absolute Gasteiger partial charge is 0.258 e. The zero-order chi connectivity index (χ0) is 21.3. The van der Waals surface area contributed by atoms with Crippen molar-refractivity contribution in [3.05, 3.63) is 95.6 Å². The Morgan fingerprint density at radius 1 is 0.900 bits per heavy atom. The zero-order valence-electron chi connectivity index (χ0n) is 17.1. The summed E-state index contributed by atoms with van der Waals surface area (Å²) < 4.78 is 11.0. The van der Waals surface area contributed by atoms with E-state index in [1.165, 1.54) is 14.0 Å². The van der Waals surface area contributed by atoms with Crippen LogP contribution < -0.4 is 14.8 Å². The molecule has 3 aromatic carbocycles. The first-order valence-electron chi connectivity index (χ1n) is 9.77. The third-order valence-electron chi connectivity index (χ3n) is 4.75. The molecule has 0 fully saturated rings. The maximum atomic E-state index is 12.6. The number of hydrogen-bond acceptors (Lipinski definition) is 4. The number of benzene rings is 3. The first kappa shape index (κ1) is 21.1. The van der Waals surface area contributed by atoms with Gasteiger partial charge in [0.2, 0.25) is 0 Å². The van der Waals surface area contributed by atoms with Gasteiger partial charge in [0.25, 0.3) is 5.91 Å². The second-order valence-corrected chi connectivity index (χ2v) is 6.93. The van der Waals surface area contributed by atoms with Crippen molar-refractivity contribution < 1.29 is 19.1 Å². The van der Waals surface area contributed by atoms with Crippen LogP contribution >= 0.6 is 0 Å². The number of methoxy groups -OCH3 is 1. The molecule has 1 unspecified atom stereocenters. The van der Waals surface area contributed by atoms with Gasteiger partial charge in [0.15, 0.2) is 23.9 Å². The summed E-state index contributed by atoms with van der Waals surface area (Å²) in [6.45, 7) is 1.33. The van der Waals surface area contributed by atoms with Crippen molar-refractivity contribution in [1.82, 2.24) is 5.32 Å². The first-order chi connectivity index (χ1) is 14.6. The quantitative estimate of drug-likeness (QED) is 0.539. The molecule has 5 heteroatoms. The third kappa shape index (κ3) is 5.70. The second-order valence-electron chi connectivity index (χ2n) is 6.93. The summed E-state index contributed by atoms with van der Waals surface area (Å²) in [7, 11) is 1.50. The largest absolute Gasteiger partial charge is 0.493 e. The summed E-state index contributed by atoms with van der Waals surface area (Å²) in [5.41, 5.74) is 2.68. The lowest BCUT2D eigenvalue weighted by atomic mass is 9.99. The predicted molar refractivity (Wildman–Crippen MR) is 116 cm³/mol. The minimum absolute atomic E-state index is 0.0655. The maximum Gasteiger partial charge on any atom is 0.258 e. The second kappa shape index (κ2) is 10.3. The Hall–Kier alpha value is -3.60. The fraction of sp³-hybridized carbons (Fsp3) is 0.200. The molecular weight excluding hydrogens is 378 g/mol. The molecule has 154 valence electrons. The molecule has 3 aromatic rings. The zero-order valence-corrected chi connectivity index (χ0v) is 17.1. The van der Waals surface area contributed by atoms with E-state index in [0.717, 1.165) is 11.1 Å². The van der Waals surface area contributed by atoms with Crippen LogP contribution in [0.2, 0.25) is 0 Å². The number of hydrogen-bond donors (Lipinski definition) is 1. The van der Waals surface area contributed by atoms with E-state index in [4.69, 9.17) is 9.47 Å². The summed E-state index contributed by atoms with van der Waals surface area (Å²) in [6.07, 6.45) is 0.674. The average Bonchev–Trinajstić information content (AvgIpc) is 2.78. The molecule has 0 saturated heterocycles. The summed E-state index contributed by atoms with van der Waals surface area (Å²) in [5, 5.41) is 3.06. The van der Waals surface area contributed by atoms with Crippen molar-refractivity contribution >= 4 is 11.7 Å². The normalized spacial score (nSPS) is 11.4. The van der Waals surface area contributed by atoms with Gasteiger partial charge in [-0.1, -0.05) is 60.7 Å². The number of rotatable bonds is 9. The van der Waals surface area contributed by atoms with Gasteiger partial charge in [-0.2, -0.15) is 0 Å². The molecule has 1 amide bonds. The Morgan fingerprint density at radius 2 is 1.57 bits per heavy atom. The summed E-state index contributed by atoms with van der Waals surface area (Å²) in [5.74, 6) is 0.526. The molecule has 0 spiro atoms. The number of Topliss-reactive ketones (excluding diaryl/α,β-unsaturated/α-hetero) is 1. The Balaban J connectivity index is 1.68. The minimum Gasteiger partial charge on any atom is -0.493 e. The monoisotopic (exact) mass is 403 g/mol. The van der Waals surface area contributed by atoms with Crippen LogP contribution in [0.4, 0.5) is 0 Å². The van der Waals surface area contributed by atoms with E-state index < -0.39 is 0 Å². The molecule has 0 aromatic heterocycles. The van der Waals surface area contributed by atoms with Crippen molar-refractivity contribution in [2.45, 2.75) is 19.4 Å². The van der Waals surface area contributed by atoms with E-state index in [9.17, 15) is 9.59 Å². The molecule has 0 heterocycles. The Bertz CT molecular complexity index is 987. The standard InChI is InChI=1S/C25H25NO4/c1-18(27)21-13-14-23(24(16-21)29-2)30-17-25(28)26-22(20-11-7-4-8-12-20)15-19-9-5-3-6-10-19/h3-14,16,22H,15,17H2,1-2H3,(H,26,28). The lowest BCUT2D eigenvalue weighted by molar-refractivity contribution is -0.123. The number of amides is 1. The Labute approximate surface area is 176 Å². The van der Waals surface area contributed by atoms with Gasteiger partial charge in [0.05, 0.1) is 13.2 Å². The van der Waals surface area contributed by atoms with Crippen molar-refractivity contribution in [2.24, 2.45) is 0 Å². The molecule has 1 atom stereocenters. The highest BCUT2D eigenvalue weighted by molar-refractivity contribution is 5.94. The fourth-order valence-corrected chi connectivity index (χ4v) is 3.17. The molecule has 0 saturated carbocycles. The van der Waals surface area contributed by atoms with Gasteiger partial charge in [0, 0.05) is 5.56 Å². The lowest BCUT2D eigenvalue weighted by Gasteiger charge is -2.20. The molecule has 0 aliphatic heterocycles. The van der Waals surface area contributed by atoms with E-state index in [-0.39, 0.29) is 24.3 Å². The highest BCUT2D eigenvalue weighted by Gasteiger charge is 2.16. The predicted octanol–water partition coefficient (Wildman–Crippen LogP) is 4.38. The molecule has 0 aliphatic carbocycles. The number of ketones is 1. The fourth-order valence-electron chi connectivity index (χ4n) is 3.17. The first-order valence-corrected chi connectivity index (χ1v) is 9.77. The number of carbonyl (C=O) groups excluding carboxylic acids is 2. The SMILES string of the molecule is COc1cc(C(C)=O)ccc1OCC(=O)NC(Cc1ccccc1)c1ccccc1. The van der Waals surface area contributed by atoms with Gasteiger partial charge in [-0.15, -0.1) is 0 Å². The van der Waals surface area contributed by atoms with Crippen molar-refractivity contribution in [3.8, 4) is 11.5 Å². The molecule has 30 heavy (non-hydrogen) atoms. The van der Waals surface area contributed by atoms with Crippen molar-refractivity contribution in [3.63, 3.8) is 0 Å². The van der Waals surface area contributed by atoms with E-state index in [1.54, 1.807) is 18.2 Å². The van der Waals surface area contributed by atoms with E-state index in [1.807, 2.05) is 60.7 Å². The van der Waals surface area contributed by atoms with Gasteiger partial charge in [-0.05, 0) is 42.7 Å². The van der Waals surface area contributed by atoms with Crippen LogP contribution in [0.15, 0.2) is 78.9 Å². The molecule has 3 rings (SSSR count). The van der Waals surface area contributed by atoms with Crippen molar-refractivity contribution in [1.29, 1.82) is 0 Å². The molecule has 0 aliphatic rings. The van der Waals surface area contributed by atoms with Gasteiger partial charge in [-0.3, -0.25) is 9.59 Å². The van der Waals surface area contributed by atoms with Gasteiger partial charge < -0.3 is 14.8 Å². The number of carbonyl (C=O) groups is 2. The van der Waals surface area contributed by atoms with Crippen LogP contribution in [-0.4, -0.2) is 25.4 Å². The summed E-state index contributed by atoms with van der Waals surface area (Å²) >= 11 is 0. The lowest BCUT2D eigenvalue weighted by Crippen LogP contribution is -2.33. The van der Waals surface area contributed by atoms with E-state index in [0.29, 0.717) is 23.5 Å². The average molecular weight is 403 g/mol. The van der Waals surface area contributed by atoms with Gasteiger partial charge in [0.1, 0.15) is 0 Å².